The van der Waals surface area contributed by atoms with Gasteiger partial charge in [0.2, 0.25) is 0 Å². The quantitative estimate of drug-likeness (QED) is 0.351. The molecule has 3 aromatic rings. The molecule has 0 radical (unpaired) electrons. The summed E-state index contributed by atoms with van der Waals surface area (Å²) in [5.41, 5.74) is 5.45. The van der Waals surface area contributed by atoms with Gasteiger partial charge in [-0.05, 0) is 55.2 Å². The van der Waals surface area contributed by atoms with E-state index in [0.717, 1.165) is 28.4 Å². The second-order valence-electron chi connectivity index (χ2n) is 9.80. The second kappa shape index (κ2) is 10.1. The van der Waals surface area contributed by atoms with Gasteiger partial charge in [0, 0.05) is 23.3 Å². The van der Waals surface area contributed by atoms with Gasteiger partial charge in [-0.25, -0.2) is 0 Å². The third-order valence-electron chi connectivity index (χ3n) is 7.94. The number of ether oxygens (including phenoxy) is 2. The maximum absolute atomic E-state index is 5.93. The van der Waals surface area contributed by atoms with E-state index in [1.807, 2.05) is 6.07 Å². The topological polar surface area (TPSA) is 23.4 Å². The lowest BCUT2D eigenvalue weighted by atomic mass is 9.99. The first-order chi connectivity index (χ1) is 16.2. The van der Waals surface area contributed by atoms with Crippen molar-refractivity contribution in [3.8, 4) is 22.8 Å². The number of methoxy groups -OCH3 is 2. The number of hydrogen-bond donors (Lipinski definition) is 0. The summed E-state index contributed by atoms with van der Waals surface area (Å²) in [5, 5.41) is 3.06. The summed E-state index contributed by atoms with van der Waals surface area (Å²) in [5.74, 6) is 1.81. The molecule has 2 aliphatic carbocycles. The summed E-state index contributed by atoms with van der Waals surface area (Å²) in [7, 11) is 5.52. The molecule has 0 N–H and O–H groups in total. The van der Waals surface area contributed by atoms with Gasteiger partial charge in [0.15, 0.2) is 0 Å². The minimum atomic E-state index is -0.282. The highest BCUT2D eigenvalue weighted by Crippen LogP contribution is 2.58. The Hall–Kier alpha value is -1.99. The number of fused-ring (bicyclic) bond motifs is 1. The first-order valence-electron chi connectivity index (χ1n) is 12.8. The number of para-hydroxylation sites is 1. The Morgan fingerprint density at radius 3 is 1.82 bits per heavy atom. The van der Waals surface area contributed by atoms with Gasteiger partial charge in [-0.2, -0.15) is 0 Å². The van der Waals surface area contributed by atoms with Gasteiger partial charge >= 0.3 is 0 Å². The Labute approximate surface area is 200 Å². The molecule has 2 fully saturated rings. The predicted octanol–water partition coefficient (Wildman–Crippen LogP) is 7.64. The van der Waals surface area contributed by atoms with Crippen molar-refractivity contribution in [3.05, 3.63) is 42.5 Å². The molecule has 0 unspecified atom stereocenters. The molecule has 0 spiro atoms. The molecule has 0 amide bonds. The van der Waals surface area contributed by atoms with E-state index >= 15 is 0 Å². The van der Waals surface area contributed by atoms with E-state index in [1.165, 1.54) is 80.8 Å². The van der Waals surface area contributed by atoms with E-state index in [2.05, 4.69) is 48.0 Å². The lowest BCUT2D eigenvalue weighted by Crippen LogP contribution is -2.27. The zero-order valence-electron chi connectivity index (χ0n) is 20.5. The van der Waals surface area contributed by atoms with E-state index in [4.69, 9.17) is 9.47 Å². The van der Waals surface area contributed by atoms with Gasteiger partial charge in [-0.15, -0.1) is 0 Å². The summed E-state index contributed by atoms with van der Waals surface area (Å²) >= 11 is 0. The number of nitrogens with zero attached hydrogens (tertiary/aromatic N) is 1. The Balaban J connectivity index is 1.80. The lowest BCUT2D eigenvalue weighted by Gasteiger charge is -2.39. The maximum Gasteiger partial charge on any atom is 0.131 e. The van der Waals surface area contributed by atoms with Crippen LogP contribution < -0.4 is 14.8 Å². The van der Waals surface area contributed by atoms with E-state index in [0.29, 0.717) is 0 Å². The molecule has 5 rings (SSSR count). The van der Waals surface area contributed by atoms with E-state index < -0.39 is 0 Å². The van der Waals surface area contributed by atoms with Crippen LogP contribution in [-0.4, -0.2) is 30.1 Å². The molecule has 33 heavy (non-hydrogen) atoms. The fourth-order valence-electron chi connectivity index (χ4n) is 6.39. The van der Waals surface area contributed by atoms with E-state index in [1.54, 1.807) is 19.5 Å². The summed E-state index contributed by atoms with van der Waals surface area (Å²) in [4.78, 5) is 0. The zero-order valence-corrected chi connectivity index (χ0v) is 21.4. The standard InChI is InChI=1S/C29H38NO2P/c1-30-24-18-11-10-17-23(24)29(28(30)27-25(31-2)19-12-20-26(27)32-3)33(21-13-6-4-7-14-21)22-15-8-5-9-16-22/h10-12,17-22H,4-9,13-16H2,1-3H3. The normalized spacial score (nSPS) is 18.2. The van der Waals surface area contributed by atoms with Gasteiger partial charge in [0.25, 0.3) is 0 Å². The third-order valence-corrected chi connectivity index (χ3v) is 11.5. The largest absolute Gasteiger partial charge is 0.496 e. The summed E-state index contributed by atoms with van der Waals surface area (Å²) in [6, 6.07) is 15.3. The first kappa shape index (κ1) is 22.8. The number of aryl methyl sites for hydroxylation is 1. The van der Waals surface area contributed by atoms with Gasteiger partial charge < -0.3 is 14.0 Å². The van der Waals surface area contributed by atoms with Crippen LogP contribution in [0.4, 0.5) is 0 Å². The van der Waals surface area contributed by atoms with Crippen molar-refractivity contribution >= 4 is 24.1 Å². The average molecular weight is 464 g/mol. The summed E-state index contributed by atoms with van der Waals surface area (Å²) in [6.07, 6.45) is 14.0. The van der Waals surface area contributed by atoms with Crippen LogP contribution in [0, 0.1) is 0 Å². The highest BCUT2D eigenvalue weighted by Gasteiger charge is 2.37. The molecule has 2 aromatic carbocycles. The van der Waals surface area contributed by atoms with Crippen molar-refractivity contribution < 1.29 is 9.47 Å². The molecule has 3 nitrogen and oxygen atoms in total. The van der Waals surface area contributed by atoms with E-state index in [9.17, 15) is 0 Å². The third kappa shape index (κ3) is 4.18. The molecule has 1 aromatic heterocycles. The van der Waals surface area contributed by atoms with Crippen LogP contribution in [0.2, 0.25) is 0 Å². The van der Waals surface area contributed by atoms with Crippen LogP contribution in [0.1, 0.15) is 64.2 Å². The molecule has 4 heteroatoms. The summed E-state index contributed by atoms with van der Waals surface area (Å²) in [6.45, 7) is 0. The highest BCUT2D eigenvalue weighted by molar-refractivity contribution is 7.67. The SMILES string of the molecule is COc1cccc(OC)c1-c1c(P(C2CCCCC2)C2CCCCC2)c2ccccc2n1C. The van der Waals surface area contributed by atoms with E-state index in [-0.39, 0.29) is 7.92 Å². The monoisotopic (exact) mass is 463 g/mol. The highest BCUT2D eigenvalue weighted by atomic mass is 31.1. The first-order valence-corrected chi connectivity index (χ1v) is 14.3. The fourth-order valence-corrected chi connectivity index (χ4v) is 10.5. The molecule has 0 atom stereocenters. The Morgan fingerprint density at radius 2 is 1.27 bits per heavy atom. The lowest BCUT2D eigenvalue weighted by molar-refractivity contribution is 0.397. The van der Waals surface area contributed by atoms with Crippen molar-refractivity contribution in [2.45, 2.75) is 75.5 Å². The minimum Gasteiger partial charge on any atom is -0.496 e. The molecular formula is C29H38NO2P. The van der Waals surface area contributed by atoms with Gasteiger partial charge in [-0.1, -0.05) is 70.7 Å². The molecular weight excluding hydrogens is 425 g/mol. The van der Waals surface area contributed by atoms with Crippen molar-refractivity contribution in [1.29, 1.82) is 0 Å². The molecule has 0 aliphatic heterocycles. The van der Waals surface area contributed by atoms with Crippen LogP contribution in [0.15, 0.2) is 42.5 Å². The zero-order chi connectivity index (χ0) is 22.8. The molecule has 2 aliphatic rings. The van der Waals surface area contributed by atoms with Crippen LogP contribution in [0.5, 0.6) is 11.5 Å². The van der Waals surface area contributed by atoms with Crippen LogP contribution in [-0.2, 0) is 7.05 Å². The molecule has 176 valence electrons. The van der Waals surface area contributed by atoms with Crippen LogP contribution in [0.25, 0.3) is 22.2 Å². The van der Waals surface area contributed by atoms with Gasteiger partial charge in [-0.3, -0.25) is 0 Å². The van der Waals surface area contributed by atoms with Crippen molar-refractivity contribution in [1.82, 2.24) is 4.57 Å². The van der Waals surface area contributed by atoms with Crippen molar-refractivity contribution in [3.63, 3.8) is 0 Å². The Bertz CT molecular complexity index is 1050. The van der Waals surface area contributed by atoms with Crippen molar-refractivity contribution in [2.24, 2.45) is 7.05 Å². The average Bonchev–Trinajstić information content (AvgIpc) is 3.17. The van der Waals surface area contributed by atoms with Gasteiger partial charge in [0.1, 0.15) is 11.5 Å². The van der Waals surface area contributed by atoms with Crippen LogP contribution in [0.3, 0.4) is 0 Å². The number of hydrogen-bond acceptors (Lipinski definition) is 2. The second-order valence-corrected chi connectivity index (χ2v) is 12.5. The number of benzene rings is 2. The molecule has 0 bridgehead atoms. The number of aromatic nitrogens is 1. The fraction of sp³-hybridized carbons (Fsp3) is 0.517. The molecule has 0 saturated heterocycles. The minimum absolute atomic E-state index is 0.282. The molecule has 1 heterocycles. The maximum atomic E-state index is 5.93. The molecule has 2 saturated carbocycles. The van der Waals surface area contributed by atoms with Crippen LogP contribution >= 0.6 is 7.92 Å². The summed E-state index contributed by atoms with van der Waals surface area (Å²) < 4.78 is 14.3. The Kier molecular flexibility index (Phi) is 6.97. The number of rotatable bonds is 6. The van der Waals surface area contributed by atoms with Gasteiger partial charge in [0.05, 0.1) is 25.5 Å². The smallest absolute Gasteiger partial charge is 0.131 e. The predicted molar refractivity (Wildman–Crippen MR) is 142 cm³/mol. The Morgan fingerprint density at radius 1 is 0.727 bits per heavy atom. The van der Waals surface area contributed by atoms with Crippen molar-refractivity contribution in [2.75, 3.05) is 14.2 Å².